The van der Waals surface area contributed by atoms with Crippen LogP contribution in [0.1, 0.15) is 42.7 Å². The van der Waals surface area contributed by atoms with Crippen LogP contribution in [0, 0.1) is 6.92 Å². The number of nitrogens with one attached hydrogen (secondary N) is 1. The summed E-state index contributed by atoms with van der Waals surface area (Å²) in [5.41, 5.74) is 4.77. The molecule has 28 heavy (non-hydrogen) atoms. The second kappa shape index (κ2) is 7.28. The summed E-state index contributed by atoms with van der Waals surface area (Å²) in [6, 6.07) is 16.9. The van der Waals surface area contributed by atoms with Crippen molar-refractivity contribution in [3.05, 3.63) is 65.7 Å². The first kappa shape index (κ1) is 19.6. The van der Waals surface area contributed by atoms with Gasteiger partial charge in [-0.1, -0.05) is 64.0 Å². The topological polar surface area (TPSA) is 66.5 Å². The minimum Gasteiger partial charge on any atom is -0.272 e. The molecule has 148 valence electrons. The number of carbonyl (C=O) groups excluding carboxylic acids is 1. The van der Waals surface area contributed by atoms with Crippen LogP contribution in [0.2, 0.25) is 0 Å². The fourth-order valence-corrected chi connectivity index (χ4v) is 6.46. The number of benzene rings is 2. The largest absolute Gasteiger partial charge is 0.280 e. The normalized spacial score (nSPS) is 28.1. The number of hydrogen-bond acceptors (Lipinski definition) is 4. The molecule has 0 bridgehead atoms. The molecule has 1 aliphatic carbocycles. The highest BCUT2D eigenvalue weighted by atomic mass is 79.9. The number of alkyl halides is 1. The lowest BCUT2D eigenvalue weighted by Gasteiger charge is -2.41. The Morgan fingerprint density at radius 2 is 1.79 bits per heavy atom. The van der Waals surface area contributed by atoms with Gasteiger partial charge in [-0.2, -0.15) is 12.8 Å². The van der Waals surface area contributed by atoms with E-state index in [9.17, 15) is 13.2 Å². The number of halogens is 1. The molecule has 1 heterocycles. The molecule has 2 fully saturated rings. The lowest BCUT2D eigenvalue weighted by atomic mass is 9.73. The molecule has 2 aromatic carbocycles. The molecular formula is C21H23BrN2O3S. The van der Waals surface area contributed by atoms with E-state index in [-0.39, 0.29) is 16.1 Å². The molecule has 1 saturated heterocycles. The Bertz CT molecular complexity index is 978. The van der Waals surface area contributed by atoms with Crippen molar-refractivity contribution in [2.24, 2.45) is 0 Å². The molecular weight excluding hydrogens is 440 g/mol. The Morgan fingerprint density at radius 1 is 1.11 bits per heavy atom. The summed E-state index contributed by atoms with van der Waals surface area (Å²) in [6.45, 7) is 1.89. The number of carbonyl (C=O) groups is 1. The van der Waals surface area contributed by atoms with E-state index in [2.05, 4.69) is 33.5 Å². The van der Waals surface area contributed by atoms with Gasteiger partial charge in [0.1, 0.15) is 0 Å². The Labute approximate surface area is 174 Å². The van der Waals surface area contributed by atoms with Crippen LogP contribution in [-0.2, 0) is 14.8 Å². The summed E-state index contributed by atoms with van der Waals surface area (Å²) in [4.78, 5) is 12.8. The van der Waals surface area contributed by atoms with Gasteiger partial charge in [0.2, 0.25) is 0 Å². The zero-order chi connectivity index (χ0) is 19.9. The Morgan fingerprint density at radius 3 is 2.43 bits per heavy atom. The fourth-order valence-electron chi connectivity index (χ4n) is 4.19. The van der Waals surface area contributed by atoms with Crippen LogP contribution < -0.4 is 5.43 Å². The highest BCUT2D eigenvalue weighted by Gasteiger charge is 2.53. The van der Waals surface area contributed by atoms with Gasteiger partial charge in [0.25, 0.3) is 15.9 Å². The summed E-state index contributed by atoms with van der Waals surface area (Å²) < 4.78 is 26.9. The zero-order valence-corrected chi connectivity index (χ0v) is 18.0. The first-order valence-corrected chi connectivity index (χ1v) is 11.8. The van der Waals surface area contributed by atoms with Crippen LogP contribution in [0.5, 0.6) is 0 Å². The summed E-state index contributed by atoms with van der Waals surface area (Å²) in [6.07, 6.45) is 2.66. The summed E-state index contributed by atoms with van der Waals surface area (Å²) in [5, 5.41) is 0. The predicted octanol–water partition coefficient (Wildman–Crippen LogP) is 3.89. The van der Waals surface area contributed by atoms with Crippen LogP contribution in [0.25, 0.3) is 0 Å². The maximum absolute atomic E-state index is 13.0. The average molecular weight is 463 g/mol. The van der Waals surface area contributed by atoms with E-state index in [1.54, 1.807) is 24.3 Å². The van der Waals surface area contributed by atoms with Crippen LogP contribution in [0.15, 0.2) is 59.5 Å². The molecule has 2 aliphatic rings. The molecule has 5 nitrogen and oxygen atoms in total. The third-order valence-corrected chi connectivity index (χ3v) is 8.77. The van der Waals surface area contributed by atoms with E-state index in [0.29, 0.717) is 5.92 Å². The minimum absolute atomic E-state index is 0.00104. The fraction of sp³-hybridized carbons (Fsp3) is 0.381. The van der Waals surface area contributed by atoms with Crippen molar-refractivity contribution in [2.45, 2.75) is 53.8 Å². The number of sulfonamides is 1. The van der Waals surface area contributed by atoms with Crippen molar-refractivity contribution < 1.29 is 13.2 Å². The van der Waals surface area contributed by atoms with Crippen molar-refractivity contribution in [3.8, 4) is 0 Å². The Balaban J connectivity index is 1.55. The monoisotopic (exact) mass is 462 g/mol. The molecule has 0 aromatic heterocycles. The number of nitrogens with zero attached hydrogens (tertiary/aromatic N) is 1. The first-order valence-electron chi connectivity index (χ1n) is 9.43. The third kappa shape index (κ3) is 3.40. The minimum atomic E-state index is -3.92. The van der Waals surface area contributed by atoms with Crippen LogP contribution in [-0.4, -0.2) is 29.1 Å². The summed E-state index contributed by atoms with van der Waals surface area (Å²) in [5.74, 6) is -0.000885. The highest BCUT2D eigenvalue weighted by Crippen LogP contribution is 2.46. The van der Waals surface area contributed by atoms with Crippen LogP contribution in [0.4, 0.5) is 0 Å². The predicted molar refractivity (Wildman–Crippen MR) is 111 cm³/mol. The van der Waals surface area contributed by atoms with Gasteiger partial charge in [0.15, 0.2) is 0 Å². The van der Waals surface area contributed by atoms with Gasteiger partial charge in [-0.3, -0.25) is 4.79 Å². The number of rotatable bonds is 3. The van der Waals surface area contributed by atoms with E-state index >= 15 is 0 Å². The lowest BCUT2D eigenvalue weighted by Crippen LogP contribution is -2.55. The second-order valence-corrected chi connectivity index (χ2v) is 10.7. The van der Waals surface area contributed by atoms with E-state index in [1.807, 2.05) is 25.1 Å². The summed E-state index contributed by atoms with van der Waals surface area (Å²) in [7, 11) is -3.92. The number of amides is 1. The van der Waals surface area contributed by atoms with E-state index in [0.717, 1.165) is 29.2 Å². The van der Waals surface area contributed by atoms with Gasteiger partial charge < -0.3 is 0 Å². The average Bonchev–Trinajstić information content (AvgIpc) is 3.03. The first-order chi connectivity index (χ1) is 13.3. The van der Waals surface area contributed by atoms with Crippen LogP contribution in [0.3, 0.4) is 0 Å². The molecule has 3 atom stereocenters. The Kier molecular flexibility index (Phi) is 5.10. The Hall–Kier alpha value is -1.70. The lowest BCUT2D eigenvalue weighted by molar-refractivity contribution is -0.124. The molecule has 1 aliphatic heterocycles. The molecule has 1 amide bonds. The van der Waals surface area contributed by atoms with Crippen molar-refractivity contribution >= 4 is 31.9 Å². The molecule has 0 radical (unpaired) electrons. The van der Waals surface area contributed by atoms with Crippen molar-refractivity contribution in [1.82, 2.24) is 9.84 Å². The molecule has 2 aromatic rings. The number of hydrogen-bond donors (Lipinski definition) is 1. The van der Waals surface area contributed by atoms with E-state index in [4.69, 9.17) is 0 Å². The van der Waals surface area contributed by atoms with E-state index in [1.165, 1.54) is 5.56 Å². The maximum Gasteiger partial charge on any atom is 0.280 e. The van der Waals surface area contributed by atoms with Crippen molar-refractivity contribution in [1.29, 1.82) is 0 Å². The maximum atomic E-state index is 13.0. The molecule has 1 spiro atoms. The molecule has 7 heteroatoms. The van der Waals surface area contributed by atoms with Crippen molar-refractivity contribution in [2.75, 3.05) is 0 Å². The van der Waals surface area contributed by atoms with E-state index < -0.39 is 21.5 Å². The highest BCUT2D eigenvalue weighted by molar-refractivity contribution is 9.09. The smallest absolute Gasteiger partial charge is 0.272 e. The molecule has 1 saturated carbocycles. The third-order valence-electron chi connectivity index (χ3n) is 5.88. The van der Waals surface area contributed by atoms with Crippen LogP contribution >= 0.6 is 15.9 Å². The molecule has 4 rings (SSSR count). The van der Waals surface area contributed by atoms with Gasteiger partial charge in [-0.15, -0.1) is 0 Å². The zero-order valence-electron chi connectivity index (χ0n) is 15.6. The van der Waals surface area contributed by atoms with Gasteiger partial charge in [-0.05, 0) is 49.8 Å². The quantitative estimate of drug-likeness (QED) is 0.702. The van der Waals surface area contributed by atoms with Gasteiger partial charge >= 0.3 is 0 Å². The number of hydrazine groups is 1. The standard InChI is InChI=1S/C21H23BrN2O3S/c1-15-7-9-18(10-8-15)28(26,27)24-20(25)14-21(23-24)12-11-17(13-19(21)22)16-5-3-2-4-6-16/h2-10,17,19,23H,11-14H2,1H3/t17-,19+,21-/m1/s1. The number of aryl methyl sites for hydroxylation is 1. The molecule has 0 unspecified atom stereocenters. The van der Waals surface area contributed by atoms with Gasteiger partial charge in [0, 0.05) is 4.83 Å². The SMILES string of the molecule is Cc1ccc(S(=O)(=O)N2N[C@]3(CC[C@@H](c4ccccc4)C[C@@H]3Br)CC2=O)cc1. The second-order valence-electron chi connectivity index (χ2n) is 7.77. The molecule has 1 N–H and O–H groups in total. The van der Waals surface area contributed by atoms with Gasteiger partial charge in [-0.25, -0.2) is 5.43 Å². The van der Waals surface area contributed by atoms with Crippen molar-refractivity contribution in [3.63, 3.8) is 0 Å². The van der Waals surface area contributed by atoms with Gasteiger partial charge in [0.05, 0.1) is 16.9 Å². The summed E-state index contributed by atoms with van der Waals surface area (Å²) >= 11 is 3.76.